The van der Waals surface area contributed by atoms with Gasteiger partial charge in [-0.2, -0.15) is 0 Å². The molecular formula is C22H25FN2O2. The van der Waals surface area contributed by atoms with E-state index in [-0.39, 0.29) is 5.82 Å². The summed E-state index contributed by atoms with van der Waals surface area (Å²) in [5.41, 5.74) is 2.79. The molecule has 0 aromatic heterocycles. The molecule has 0 spiro atoms. The van der Waals surface area contributed by atoms with Crippen LogP contribution in [0.1, 0.15) is 24.3 Å². The van der Waals surface area contributed by atoms with Crippen LogP contribution in [-0.2, 0) is 0 Å². The molecule has 0 bridgehead atoms. The first kappa shape index (κ1) is 16.9. The molecule has 0 aliphatic carbocycles. The third-order valence-corrected chi connectivity index (χ3v) is 6.07. The highest BCUT2D eigenvalue weighted by molar-refractivity contribution is 5.70. The highest BCUT2D eigenvalue weighted by Gasteiger charge is 2.43. The number of rotatable bonds is 4. The van der Waals surface area contributed by atoms with Gasteiger partial charge in [0, 0.05) is 38.1 Å². The quantitative estimate of drug-likeness (QED) is 0.822. The van der Waals surface area contributed by atoms with Crippen LogP contribution in [0.25, 0.3) is 0 Å². The minimum atomic E-state index is -0.231. The number of likely N-dealkylation sites (tertiary alicyclic amines) is 1. The van der Waals surface area contributed by atoms with E-state index in [0.29, 0.717) is 18.6 Å². The predicted molar refractivity (Wildman–Crippen MR) is 103 cm³/mol. The second-order valence-electron chi connectivity index (χ2n) is 7.65. The van der Waals surface area contributed by atoms with Crippen molar-refractivity contribution in [2.24, 2.45) is 0 Å². The van der Waals surface area contributed by atoms with Gasteiger partial charge in [0.1, 0.15) is 23.9 Å². The van der Waals surface area contributed by atoms with Gasteiger partial charge < -0.3 is 14.4 Å². The summed E-state index contributed by atoms with van der Waals surface area (Å²) in [6.07, 6.45) is 2.27. The molecule has 3 aliphatic rings. The molecule has 5 heteroatoms. The van der Waals surface area contributed by atoms with Gasteiger partial charge in [-0.15, -0.1) is 0 Å². The first-order chi connectivity index (χ1) is 13.3. The normalized spacial score (nSPS) is 24.0. The van der Waals surface area contributed by atoms with Crippen molar-refractivity contribution in [2.75, 3.05) is 44.3 Å². The second-order valence-corrected chi connectivity index (χ2v) is 7.65. The van der Waals surface area contributed by atoms with Gasteiger partial charge in [-0.05, 0) is 48.7 Å². The standard InChI is InChI=1S/C22H25FN2O2/c23-16-5-7-17(8-6-16)26-14-12-24-11-9-20-19(15-24)18-3-1-4-21-22(18)25(20)10-2-13-27-21/h1,3-8,19-20H,2,9-15H2. The zero-order valence-electron chi connectivity index (χ0n) is 15.4. The summed E-state index contributed by atoms with van der Waals surface area (Å²) in [7, 11) is 0. The van der Waals surface area contributed by atoms with Crippen molar-refractivity contribution >= 4 is 5.69 Å². The molecule has 0 N–H and O–H groups in total. The van der Waals surface area contributed by atoms with Crippen LogP contribution in [0.15, 0.2) is 42.5 Å². The van der Waals surface area contributed by atoms with Crippen LogP contribution in [0.3, 0.4) is 0 Å². The Hall–Kier alpha value is -2.27. The van der Waals surface area contributed by atoms with Crippen LogP contribution in [0.5, 0.6) is 11.5 Å². The van der Waals surface area contributed by atoms with Crippen molar-refractivity contribution in [3.8, 4) is 11.5 Å². The van der Waals surface area contributed by atoms with Crippen molar-refractivity contribution in [3.63, 3.8) is 0 Å². The van der Waals surface area contributed by atoms with Crippen molar-refractivity contribution < 1.29 is 13.9 Å². The fraction of sp³-hybridized carbons (Fsp3) is 0.455. The number of hydrogen-bond acceptors (Lipinski definition) is 4. The summed E-state index contributed by atoms with van der Waals surface area (Å²) in [6, 6.07) is 13.4. The van der Waals surface area contributed by atoms with Gasteiger partial charge in [-0.1, -0.05) is 12.1 Å². The summed E-state index contributed by atoms with van der Waals surface area (Å²) < 4.78 is 24.8. The number of fused-ring (bicyclic) bond motifs is 3. The molecule has 5 rings (SSSR count). The lowest BCUT2D eigenvalue weighted by Crippen LogP contribution is -2.47. The number of para-hydroxylation sites is 1. The molecule has 2 aromatic rings. The lowest BCUT2D eigenvalue weighted by Gasteiger charge is -2.38. The van der Waals surface area contributed by atoms with Gasteiger partial charge in [-0.25, -0.2) is 4.39 Å². The molecule has 2 atom stereocenters. The summed E-state index contributed by atoms with van der Waals surface area (Å²) in [4.78, 5) is 5.10. The molecule has 2 aromatic carbocycles. The molecule has 1 saturated heterocycles. The van der Waals surface area contributed by atoms with Crippen molar-refractivity contribution in [1.29, 1.82) is 0 Å². The van der Waals surface area contributed by atoms with E-state index in [9.17, 15) is 4.39 Å². The van der Waals surface area contributed by atoms with E-state index in [1.165, 1.54) is 29.8 Å². The molecule has 142 valence electrons. The topological polar surface area (TPSA) is 24.9 Å². The molecule has 1 fully saturated rings. The van der Waals surface area contributed by atoms with E-state index in [2.05, 4.69) is 28.0 Å². The summed E-state index contributed by atoms with van der Waals surface area (Å²) in [5.74, 6) is 2.10. The van der Waals surface area contributed by atoms with Crippen LogP contribution in [0.2, 0.25) is 0 Å². The maximum atomic E-state index is 13.0. The van der Waals surface area contributed by atoms with Crippen molar-refractivity contribution in [3.05, 3.63) is 53.8 Å². The van der Waals surface area contributed by atoms with Gasteiger partial charge in [-0.3, -0.25) is 4.90 Å². The molecule has 27 heavy (non-hydrogen) atoms. The Morgan fingerprint density at radius 1 is 1.11 bits per heavy atom. The van der Waals surface area contributed by atoms with E-state index in [0.717, 1.165) is 50.7 Å². The molecule has 3 aliphatic heterocycles. The van der Waals surface area contributed by atoms with E-state index in [1.54, 1.807) is 12.1 Å². The predicted octanol–water partition coefficient (Wildman–Crippen LogP) is 3.67. The maximum absolute atomic E-state index is 13.0. The third-order valence-electron chi connectivity index (χ3n) is 6.07. The van der Waals surface area contributed by atoms with Gasteiger partial charge in [0.2, 0.25) is 0 Å². The first-order valence-corrected chi connectivity index (χ1v) is 9.93. The zero-order chi connectivity index (χ0) is 18.2. The van der Waals surface area contributed by atoms with Crippen molar-refractivity contribution in [2.45, 2.75) is 24.8 Å². The Balaban J connectivity index is 1.26. The lowest BCUT2D eigenvalue weighted by molar-refractivity contribution is 0.160. The van der Waals surface area contributed by atoms with Crippen LogP contribution < -0.4 is 14.4 Å². The van der Waals surface area contributed by atoms with Crippen LogP contribution in [-0.4, -0.2) is 50.3 Å². The summed E-state index contributed by atoms with van der Waals surface area (Å²) in [5, 5.41) is 0. The van der Waals surface area contributed by atoms with Crippen molar-refractivity contribution in [1.82, 2.24) is 4.90 Å². The SMILES string of the molecule is Fc1ccc(OCCN2CCC3C(C2)c2cccc4c2N3CCCO4)cc1. The second kappa shape index (κ2) is 7.04. The fourth-order valence-electron chi connectivity index (χ4n) is 4.84. The minimum Gasteiger partial charge on any atom is -0.492 e. The molecule has 0 radical (unpaired) electrons. The number of piperidine rings is 1. The number of anilines is 1. The molecule has 2 unspecified atom stereocenters. The van der Waals surface area contributed by atoms with Gasteiger partial charge in [0.05, 0.1) is 12.3 Å². The smallest absolute Gasteiger partial charge is 0.142 e. The minimum absolute atomic E-state index is 0.231. The van der Waals surface area contributed by atoms with Crippen LogP contribution in [0, 0.1) is 5.82 Å². The molecule has 3 heterocycles. The van der Waals surface area contributed by atoms with E-state index < -0.39 is 0 Å². The van der Waals surface area contributed by atoms with Crippen LogP contribution >= 0.6 is 0 Å². The largest absolute Gasteiger partial charge is 0.492 e. The Morgan fingerprint density at radius 3 is 2.89 bits per heavy atom. The monoisotopic (exact) mass is 368 g/mol. The average molecular weight is 368 g/mol. The Morgan fingerprint density at radius 2 is 2.00 bits per heavy atom. The lowest BCUT2D eigenvalue weighted by atomic mass is 9.89. The summed E-state index contributed by atoms with van der Waals surface area (Å²) >= 11 is 0. The molecule has 0 saturated carbocycles. The zero-order valence-corrected chi connectivity index (χ0v) is 15.4. The maximum Gasteiger partial charge on any atom is 0.142 e. The highest BCUT2D eigenvalue weighted by Crippen LogP contribution is 2.49. The molecular weight excluding hydrogens is 343 g/mol. The third kappa shape index (κ3) is 3.14. The fourth-order valence-corrected chi connectivity index (χ4v) is 4.84. The van der Waals surface area contributed by atoms with E-state index >= 15 is 0 Å². The number of halogens is 1. The highest BCUT2D eigenvalue weighted by atomic mass is 19.1. The molecule has 0 amide bonds. The Kier molecular flexibility index (Phi) is 4.40. The number of ether oxygens (including phenoxy) is 2. The van der Waals surface area contributed by atoms with Gasteiger partial charge in [0.15, 0.2) is 0 Å². The summed E-state index contributed by atoms with van der Waals surface area (Å²) in [6.45, 7) is 5.59. The van der Waals surface area contributed by atoms with Gasteiger partial charge >= 0.3 is 0 Å². The molecule has 4 nitrogen and oxygen atoms in total. The van der Waals surface area contributed by atoms with E-state index in [1.807, 2.05) is 0 Å². The van der Waals surface area contributed by atoms with Gasteiger partial charge in [0.25, 0.3) is 0 Å². The Labute approximate surface area is 159 Å². The first-order valence-electron chi connectivity index (χ1n) is 9.93. The average Bonchev–Trinajstić information content (AvgIpc) is 2.85. The Bertz CT molecular complexity index is 810. The number of hydrogen-bond donors (Lipinski definition) is 0. The number of benzene rings is 2. The van der Waals surface area contributed by atoms with Crippen LogP contribution in [0.4, 0.5) is 10.1 Å². The number of nitrogens with zero attached hydrogens (tertiary/aromatic N) is 2. The van der Waals surface area contributed by atoms with E-state index in [4.69, 9.17) is 9.47 Å².